The van der Waals surface area contributed by atoms with Gasteiger partial charge in [0.05, 0.1) is 18.1 Å². The van der Waals surface area contributed by atoms with Gasteiger partial charge in [-0.15, -0.1) is 0 Å². The van der Waals surface area contributed by atoms with Crippen LogP contribution in [0.15, 0.2) is 54.6 Å². The predicted octanol–water partition coefficient (Wildman–Crippen LogP) is 2.97. The highest BCUT2D eigenvalue weighted by Crippen LogP contribution is 2.15. The molecule has 2 rings (SSSR count). The Balaban J connectivity index is 2.12. The quantitative estimate of drug-likeness (QED) is 0.609. The summed E-state index contributed by atoms with van der Waals surface area (Å²) >= 11 is 0. The third kappa shape index (κ3) is 2.96. The molecule has 0 saturated carbocycles. The van der Waals surface area contributed by atoms with Crippen molar-refractivity contribution in [3.8, 4) is 11.8 Å². The van der Waals surface area contributed by atoms with Gasteiger partial charge in [0.25, 0.3) is 0 Å². The number of benzene rings is 2. The van der Waals surface area contributed by atoms with E-state index in [1.165, 1.54) is 0 Å². The minimum atomic E-state index is -0.398. The molecule has 0 aliphatic carbocycles. The molecule has 18 heavy (non-hydrogen) atoms. The topological polar surface area (TPSA) is 50.1 Å². The molecule has 2 aromatic rings. The summed E-state index contributed by atoms with van der Waals surface area (Å²) in [6, 6.07) is 17.8. The van der Waals surface area contributed by atoms with Crippen LogP contribution in [0.4, 0.5) is 0 Å². The van der Waals surface area contributed by atoms with Crippen LogP contribution in [0.3, 0.4) is 0 Å². The number of nitriles is 1. The summed E-state index contributed by atoms with van der Waals surface area (Å²) in [4.78, 5) is 11.8. The molecule has 0 fully saturated rings. The van der Waals surface area contributed by atoms with E-state index >= 15 is 0 Å². The lowest BCUT2D eigenvalue weighted by molar-refractivity contribution is 0.0734. The molecule has 0 radical (unpaired) electrons. The van der Waals surface area contributed by atoms with Crippen molar-refractivity contribution in [1.82, 2.24) is 0 Å². The van der Waals surface area contributed by atoms with Crippen molar-refractivity contribution in [3.05, 3.63) is 65.7 Å². The molecule has 3 nitrogen and oxygen atoms in total. The molecule has 2 aromatic carbocycles. The van der Waals surface area contributed by atoms with Crippen LogP contribution < -0.4 is 4.74 Å². The number of esters is 1. The smallest absolute Gasteiger partial charge is 0.343 e. The lowest BCUT2D eigenvalue weighted by Gasteiger charge is -2.05. The first kappa shape index (κ1) is 11.9. The Morgan fingerprint density at radius 1 is 1.11 bits per heavy atom. The van der Waals surface area contributed by atoms with E-state index in [9.17, 15) is 4.79 Å². The van der Waals surface area contributed by atoms with Crippen LogP contribution in [0.1, 0.15) is 15.9 Å². The number of ether oxygens (including phenoxy) is 1. The van der Waals surface area contributed by atoms with Crippen molar-refractivity contribution in [2.24, 2.45) is 0 Å². The molecular weight excluding hydrogens is 226 g/mol. The van der Waals surface area contributed by atoms with Gasteiger partial charge in [0, 0.05) is 0 Å². The molecule has 3 heteroatoms. The van der Waals surface area contributed by atoms with Crippen LogP contribution >= 0.6 is 0 Å². The van der Waals surface area contributed by atoms with Crippen molar-refractivity contribution in [1.29, 1.82) is 5.26 Å². The number of carbonyl (C=O) groups excluding carboxylic acids is 1. The minimum absolute atomic E-state index is 0.302. The highest BCUT2D eigenvalue weighted by Gasteiger charge is 2.07. The second-order valence-corrected chi connectivity index (χ2v) is 3.74. The summed E-state index contributed by atoms with van der Waals surface area (Å²) in [5.41, 5.74) is 1.33. The van der Waals surface area contributed by atoms with E-state index in [0.29, 0.717) is 17.7 Å². The lowest BCUT2D eigenvalue weighted by Crippen LogP contribution is -2.08. The highest BCUT2D eigenvalue weighted by atomic mass is 16.5. The summed E-state index contributed by atoms with van der Waals surface area (Å²) in [6.07, 6.45) is 0.302. The van der Waals surface area contributed by atoms with E-state index in [2.05, 4.69) is 6.07 Å². The lowest BCUT2D eigenvalue weighted by atomic mass is 10.1. The SMILES string of the molecule is N#CCc1cccc(OC(=O)c2ccccc2)c1. The molecule has 88 valence electrons. The Labute approximate surface area is 105 Å². The molecule has 0 unspecified atom stereocenters. The van der Waals surface area contributed by atoms with E-state index in [1.54, 1.807) is 42.5 Å². The zero-order valence-corrected chi connectivity index (χ0v) is 9.67. The van der Waals surface area contributed by atoms with Gasteiger partial charge in [-0.2, -0.15) is 5.26 Å². The zero-order valence-electron chi connectivity index (χ0n) is 9.67. The van der Waals surface area contributed by atoms with Crippen molar-refractivity contribution < 1.29 is 9.53 Å². The highest BCUT2D eigenvalue weighted by molar-refractivity contribution is 5.90. The molecule has 0 spiro atoms. The Morgan fingerprint density at radius 3 is 2.61 bits per heavy atom. The van der Waals surface area contributed by atoms with Gasteiger partial charge in [-0.05, 0) is 29.8 Å². The Hall–Kier alpha value is -2.60. The van der Waals surface area contributed by atoms with E-state index in [4.69, 9.17) is 10.00 Å². The second kappa shape index (κ2) is 5.65. The molecule has 0 bridgehead atoms. The van der Waals surface area contributed by atoms with Crippen molar-refractivity contribution >= 4 is 5.97 Å². The summed E-state index contributed by atoms with van der Waals surface area (Å²) in [7, 11) is 0. The standard InChI is InChI=1S/C15H11NO2/c16-10-9-12-5-4-8-14(11-12)18-15(17)13-6-2-1-3-7-13/h1-8,11H,9H2. The van der Waals surface area contributed by atoms with Crippen LogP contribution in [-0.4, -0.2) is 5.97 Å². The fraction of sp³-hybridized carbons (Fsp3) is 0.0667. The predicted molar refractivity (Wildman–Crippen MR) is 67.2 cm³/mol. The van der Waals surface area contributed by atoms with Gasteiger partial charge < -0.3 is 4.74 Å². The van der Waals surface area contributed by atoms with Gasteiger partial charge in [-0.1, -0.05) is 30.3 Å². The molecule has 0 heterocycles. The van der Waals surface area contributed by atoms with Crippen LogP contribution in [-0.2, 0) is 6.42 Å². The van der Waals surface area contributed by atoms with Gasteiger partial charge >= 0.3 is 5.97 Å². The number of hydrogen-bond acceptors (Lipinski definition) is 3. The monoisotopic (exact) mass is 237 g/mol. The zero-order chi connectivity index (χ0) is 12.8. The molecule has 0 aliphatic rings. The maximum absolute atomic E-state index is 11.8. The third-order valence-electron chi connectivity index (χ3n) is 2.40. The van der Waals surface area contributed by atoms with Crippen molar-refractivity contribution in [2.45, 2.75) is 6.42 Å². The Kier molecular flexibility index (Phi) is 3.72. The van der Waals surface area contributed by atoms with Crippen LogP contribution in [0.5, 0.6) is 5.75 Å². The average Bonchev–Trinajstić information content (AvgIpc) is 2.40. The normalized spacial score (nSPS) is 9.50. The van der Waals surface area contributed by atoms with Gasteiger partial charge in [-0.3, -0.25) is 0 Å². The first-order chi connectivity index (χ1) is 8.79. The number of nitrogens with zero attached hydrogens (tertiary/aromatic N) is 1. The maximum Gasteiger partial charge on any atom is 0.343 e. The van der Waals surface area contributed by atoms with Gasteiger partial charge in [0.15, 0.2) is 0 Å². The van der Waals surface area contributed by atoms with Gasteiger partial charge in [0.2, 0.25) is 0 Å². The van der Waals surface area contributed by atoms with E-state index in [-0.39, 0.29) is 0 Å². The first-order valence-corrected chi connectivity index (χ1v) is 5.53. The molecule has 0 amide bonds. The molecule has 0 aliphatic heterocycles. The van der Waals surface area contributed by atoms with Gasteiger partial charge in [-0.25, -0.2) is 4.79 Å². The van der Waals surface area contributed by atoms with Crippen LogP contribution in [0.2, 0.25) is 0 Å². The number of rotatable bonds is 3. The largest absolute Gasteiger partial charge is 0.423 e. The molecule has 0 saturated heterocycles. The maximum atomic E-state index is 11.8. The fourth-order valence-corrected chi connectivity index (χ4v) is 1.55. The van der Waals surface area contributed by atoms with E-state index < -0.39 is 5.97 Å². The van der Waals surface area contributed by atoms with Crippen LogP contribution in [0, 0.1) is 11.3 Å². The van der Waals surface area contributed by atoms with E-state index in [1.807, 2.05) is 12.1 Å². The molecular formula is C15H11NO2. The summed E-state index contributed by atoms with van der Waals surface area (Å²) in [5, 5.41) is 8.61. The number of hydrogen-bond donors (Lipinski definition) is 0. The van der Waals surface area contributed by atoms with Crippen molar-refractivity contribution in [3.63, 3.8) is 0 Å². The number of carbonyl (C=O) groups is 1. The second-order valence-electron chi connectivity index (χ2n) is 3.74. The average molecular weight is 237 g/mol. The third-order valence-corrected chi connectivity index (χ3v) is 2.40. The summed E-state index contributed by atoms with van der Waals surface area (Å²) < 4.78 is 5.24. The summed E-state index contributed by atoms with van der Waals surface area (Å²) in [6.45, 7) is 0. The summed E-state index contributed by atoms with van der Waals surface area (Å²) in [5.74, 6) is 0.0568. The van der Waals surface area contributed by atoms with Crippen LogP contribution in [0.25, 0.3) is 0 Å². The Morgan fingerprint density at radius 2 is 1.89 bits per heavy atom. The van der Waals surface area contributed by atoms with Gasteiger partial charge in [0.1, 0.15) is 5.75 Å². The molecule has 0 aromatic heterocycles. The molecule has 0 N–H and O–H groups in total. The fourth-order valence-electron chi connectivity index (χ4n) is 1.55. The minimum Gasteiger partial charge on any atom is -0.423 e. The van der Waals surface area contributed by atoms with E-state index in [0.717, 1.165) is 5.56 Å². The molecule has 0 atom stereocenters. The first-order valence-electron chi connectivity index (χ1n) is 5.53. The Bertz CT molecular complexity index is 585. The van der Waals surface area contributed by atoms with Crippen molar-refractivity contribution in [2.75, 3.05) is 0 Å².